The Balaban J connectivity index is 2.00. The van der Waals surface area contributed by atoms with E-state index in [1.165, 1.54) is 18.2 Å². The molecule has 142 valence electrons. The van der Waals surface area contributed by atoms with Gasteiger partial charge in [-0.1, -0.05) is 32.9 Å². The van der Waals surface area contributed by atoms with Crippen molar-refractivity contribution in [3.63, 3.8) is 0 Å². The zero-order valence-electron chi connectivity index (χ0n) is 14.9. The van der Waals surface area contributed by atoms with Crippen molar-refractivity contribution in [1.82, 2.24) is 5.16 Å². The number of nitrogens with zero attached hydrogens (tertiary/aromatic N) is 1. The number of carbonyl (C=O) groups is 1. The predicted molar refractivity (Wildman–Crippen MR) is 94.8 cm³/mol. The van der Waals surface area contributed by atoms with Crippen LogP contribution in [0.5, 0.6) is 5.88 Å². The van der Waals surface area contributed by atoms with E-state index >= 15 is 0 Å². The smallest absolute Gasteiger partial charge is 0.303 e. The molecular weight excluding hydrogens is 360 g/mol. The molecule has 1 aromatic heterocycles. The summed E-state index contributed by atoms with van der Waals surface area (Å²) in [5.41, 5.74) is 0.946. The van der Waals surface area contributed by atoms with Crippen molar-refractivity contribution in [3.8, 4) is 5.88 Å². The van der Waals surface area contributed by atoms with Gasteiger partial charge in [0.05, 0.1) is 17.6 Å². The first-order chi connectivity index (χ1) is 12.1. The number of rotatable bonds is 8. The van der Waals surface area contributed by atoms with Gasteiger partial charge in [0.25, 0.3) is 15.9 Å². The summed E-state index contributed by atoms with van der Waals surface area (Å²) in [7, 11) is -3.82. The van der Waals surface area contributed by atoms with E-state index in [-0.39, 0.29) is 35.1 Å². The van der Waals surface area contributed by atoms with Crippen molar-refractivity contribution < 1.29 is 27.6 Å². The minimum Gasteiger partial charge on any atom is -0.481 e. The normalized spacial score (nSPS) is 12.0. The summed E-state index contributed by atoms with van der Waals surface area (Å²) < 4.78 is 37.2. The molecule has 1 heterocycles. The number of nitrogens with one attached hydrogen (secondary N) is 1. The summed E-state index contributed by atoms with van der Waals surface area (Å²) in [5, 5.41) is 12.1. The Morgan fingerprint density at radius 2 is 1.92 bits per heavy atom. The minimum atomic E-state index is -3.82. The quantitative estimate of drug-likeness (QED) is 0.674. The summed E-state index contributed by atoms with van der Waals surface area (Å²) in [4.78, 5) is 10.5. The molecular formula is C17H22N2O6S. The van der Waals surface area contributed by atoms with Crippen LogP contribution in [-0.2, 0) is 20.2 Å². The molecule has 0 aliphatic carbocycles. The fraction of sp³-hybridized carbons (Fsp3) is 0.412. The van der Waals surface area contributed by atoms with Crippen LogP contribution in [-0.4, -0.2) is 31.3 Å². The molecule has 0 saturated heterocycles. The van der Waals surface area contributed by atoms with Gasteiger partial charge in [-0.15, -0.1) is 0 Å². The number of carboxylic acid groups (broad SMARTS) is 1. The van der Waals surface area contributed by atoms with Gasteiger partial charge >= 0.3 is 5.97 Å². The summed E-state index contributed by atoms with van der Waals surface area (Å²) >= 11 is 0. The van der Waals surface area contributed by atoms with E-state index in [4.69, 9.17) is 14.4 Å². The third-order valence-corrected chi connectivity index (χ3v) is 4.90. The van der Waals surface area contributed by atoms with E-state index in [0.29, 0.717) is 6.42 Å². The van der Waals surface area contributed by atoms with Crippen molar-refractivity contribution >= 4 is 21.9 Å². The van der Waals surface area contributed by atoms with Gasteiger partial charge < -0.3 is 14.4 Å². The van der Waals surface area contributed by atoms with Gasteiger partial charge in [-0.25, -0.2) is 13.1 Å². The van der Waals surface area contributed by atoms with Crippen molar-refractivity contribution in [2.24, 2.45) is 0 Å². The second kappa shape index (κ2) is 7.77. The first-order valence-electron chi connectivity index (χ1n) is 8.02. The van der Waals surface area contributed by atoms with Gasteiger partial charge in [0.1, 0.15) is 0 Å². The lowest BCUT2D eigenvalue weighted by molar-refractivity contribution is -0.137. The number of aliphatic carboxylic acids is 1. The summed E-state index contributed by atoms with van der Waals surface area (Å²) in [6.45, 7) is 6.27. The summed E-state index contributed by atoms with van der Waals surface area (Å²) in [5.74, 6) is -0.922. The fourth-order valence-electron chi connectivity index (χ4n) is 2.10. The molecule has 9 heteroatoms. The maximum atomic E-state index is 12.4. The van der Waals surface area contributed by atoms with Gasteiger partial charge in [-0.05, 0) is 34.7 Å². The number of hydrogen-bond donors (Lipinski definition) is 2. The molecule has 0 aliphatic heterocycles. The van der Waals surface area contributed by atoms with Gasteiger partial charge in [0.15, 0.2) is 0 Å². The van der Waals surface area contributed by atoms with E-state index in [1.807, 2.05) is 20.8 Å². The average Bonchev–Trinajstić information content (AvgIpc) is 2.97. The maximum Gasteiger partial charge on any atom is 0.303 e. The molecule has 8 nitrogen and oxygen atoms in total. The van der Waals surface area contributed by atoms with Crippen LogP contribution in [0, 0.1) is 0 Å². The Morgan fingerprint density at radius 3 is 2.50 bits per heavy atom. The van der Waals surface area contributed by atoms with Crippen molar-refractivity contribution in [1.29, 1.82) is 0 Å². The van der Waals surface area contributed by atoms with E-state index < -0.39 is 16.0 Å². The zero-order valence-corrected chi connectivity index (χ0v) is 15.7. The lowest BCUT2D eigenvalue weighted by atomic mass is 9.87. The Hall–Kier alpha value is -2.55. The number of carboxylic acids is 1. The van der Waals surface area contributed by atoms with Crippen LogP contribution in [0.15, 0.2) is 39.8 Å². The molecule has 2 aromatic rings. The summed E-state index contributed by atoms with van der Waals surface area (Å²) in [6.07, 6.45) is 0.283. The van der Waals surface area contributed by atoms with Gasteiger partial charge in [-0.3, -0.25) is 4.79 Å². The standard InChI is InChI=1S/C17H22N2O6S/c1-17(2,3)12-6-8-13(9-7-12)26(22,23)19-15-11-14(18-25-15)24-10-4-5-16(20)21/h6-9,11,19H,4-5,10H2,1-3H3,(H,20,21). The summed E-state index contributed by atoms with van der Waals surface area (Å²) in [6, 6.07) is 7.89. The van der Waals surface area contributed by atoms with Crippen molar-refractivity contribution in [2.75, 3.05) is 11.3 Å². The van der Waals surface area contributed by atoms with Crippen LogP contribution in [0.1, 0.15) is 39.2 Å². The molecule has 0 aliphatic rings. The van der Waals surface area contributed by atoms with Crippen LogP contribution in [0.4, 0.5) is 5.88 Å². The van der Waals surface area contributed by atoms with Crippen LogP contribution >= 0.6 is 0 Å². The molecule has 0 radical (unpaired) electrons. The first kappa shape index (κ1) is 19.8. The lowest BCUT2D eigenvalue weighted by Gasteiger charge is -2.19. The molecule has 0 fully saturated rings. The number of benzene rings is 1. The maximum absolute atomic E-state index is 12.4. The minimum absolute atomic E-state index is 0.0259. The van der Waals surface area contributed by atoms with Gasteiger partial charge in [0, 0.05) is 6.42 Å². The highest BCUT2D eigenvalue weighted by Gasteiger charge is 2.19. The molecule has 0 unspecified atom stereocenters. The van der Waals surface area contributed by atoms with Crippen LogP contribution in [0.3, 0.4) is 0 Å². The van der Waals surface area contributed by atoms with E-state index in [1.54, 1.807) is 12.1 Å². The highest BCUT2D eigenvalue weighted by Crippen LogP contribution is 2.25. The number of sulfonamides is 1. The van der Waals surface area contributed by atoms with Crippen molar-refractivity contribution in [2.45, 2.75) is 43.9 Å². The number of aromatic nitrogens is 1. The molecule has 0 amide bonds. The highest BCUT2D eigenvalue weighted by atomic mass is 32.2. The van der Waals surface area contributed by atoms with Crippen LogP contribution in [0.2, 0.25) is 0 Å². The molecule has 2 N–H and O–H groups in total. The Labute approximate surface area is 152 Å². The zero-order chi connectivity index (χ0) is 19.4. The second-order valence-electron chi connectivity index (χ2n) is 6.76. The number of anilines is 1. The molecule has 1 aromatic carbocycles. The topological polar surface area (TPSA) is 119 Å². The van der Waals surface area contributed by atoms with Crippen LogP contribution in [0.25, 0.3) is 0 Å². The first-order valence-corrected chi connectivity index (χ1v) is 9.51. The Morgan fingerprint density at radius 1 is 1.27 bits per heavy atom. The molecule has 0 saturated carbocycles. The number of hydrogen-bond acceptors (Lipinski definition) is 6. The lowest BCUT2D eigenvalue weighted by Crippen LogP contribution is -2.14. The van der Waals surface area contributed by atoms with E-state index in [2.05, 4.69) is 9.88 Å². The Bertz CT molecular complexity index is 850. The number of ether oxygens (including phenoxy) is 1. The molecule has 0 bridgehead atoms. The monoisotopic (exact) mass is 382 g/mol. The van der Waals surface area contributed by atoms with Gasteiger partial charge in [0.2, 0.25) is 5.88 Å². The molecule has 2 rings (SSSR count). The van der Waals surface area contributed by atoms with E-state index in [9.17, 15) is 13.2 Å². The highest BCUT2D eigenvalue weighted by molar-refractivity contribution is 7.92. The Kier molecular flexibility index (Phi) is 5.91. The fourth-order valence-corrected chi connectivity index (χ4v) is 3.07. The second-order valence-corrected chi connectivity index (χ2v) is 8.44. The molecule has 0 spiro atoms. The third kappa shape index (κ3) is 5.48. The molecule has 0 atom stereocenters. The third-order valence-electron chi connectivity index (χ3n) is 3.54. The van der Waals surface area contributed by atoms with Crippen LogP contribution < -0.4 is 9.46 Å². The van der Waals surface area contributed by atoms with Gasteiger partial charge in [-0.2, -0.15) is 0 Å². The van der Waals surface area contributed by atoms with Crippen molar-refractivity contribution in [3.05, 3.63) is 35.9 Å². The van der Waals surface area contributed by atoms with E-state index in [0.717, 1.165) is 5.56 Å². The molecule has 26 heavy (non-hydrogen) atoms. The largest absolute Gasteiger partial charge is 0.481 e. The average molecular weight is 382 g/mol. The predicted octanol–water partition coefficient (Wildman–Crippen LogP) is 3.02. The SMILES string of the molecule is CC(C)(C)c1ccc(S(=O)(=O)Nc2cc(OCCCC(=O)O)no2)cc1.